The van der Waals surface area contributed by atoms with E-state index in [1.165, 1.54) is 0 Å². The number of phenolic OH excluding ortho intramolecular Hbond substituents is 1. The van der Waals surface area contributed by atoms with Gasteiger partial charge in [-0.25, -0.2) is 0 Å². The maximum atomic E-state index is 11.8. The third kappa shape index (κ3) is 4.62. The Morgan fingerprint density at radius 3 is 2.15 bits per heavy atom. The van der Waals surface area contributed by atoms with Gasteiger partial charge in [0.05, 0.1) is 0 Å². The molecule has 1 rings (SSSR count). The number of rotatable bonds is 0. The van der Waals surface area contributed by atoms with E-state index in [1.807, 2.05) is 6.07 Å². The van der Waals surface area contributed by atoms with Crippen LogP contribution in [-0.2, 0) is 38.9 Å². The van der Waals surface area contributed by atoms with E-state index in [9.17, 15) is 13.2 Å². The molecule has 71 valence electrons. The van der Waals surface area contributed by atoms with Gasteiger partial charge in [0.25, 0.3) is 0 Å². The standard InChI is InChI=1S/C7H4F3O.CH3.Y/c8-7(9,10)5-2-1-3-6(11)4-5;;/h1,3-4,11H;1H3;/q2*-1;. The van der Waals surface area contributed by atoms with Crippen LogP contribution in [0, 0.1) is 13.5 Å². The summed E-state index contributed by atoms with van der Waals surface area (Å²) in [5.74, 6) is -0.406. The minimum absolute atomic E-state index is 0. The van der Waals surface area contributed by atoms with E-state index in [-0.39, 0.29) is 40.1 Å². The van der Waals surface area contributed by atoms with Crippen LogP contribution < -0.4 is 0 Å². The summed E-state index contributed by atoms with van der Waals surface area (Å²) < 4.78 is 35.5. The van der Waals surface area contributed by atoms with Gasteiger partial charge in [0.2, 0.25) is 0 Å². The number of benzene rings is 1. The summed E-state index contributed by atoms with van der Waals surface area (Å²) >= 11 is 0. The van der Waals surface area contributed by atoms with E-state index in [4.69, 9.17) is 5.11 Å². The summed E-state index contributed by atoms with van der Waals surface area (Å²) in [4.78, 5) is 0. The molecule has 0 bridgehead atoms. The van der Waals surface area contributed by atoms with Gasteiger partial charge in [-0.1, -0.05) is 5.56 Å². The maximum Gasteiger partial charge on any atom is 0.394 e. The van der Waals surface area contributed by atoms with E-state index in [0.29, 0.717) is 6.07 Å². The summed E-state index contributed by atoms with van der Waals surface area (Å²) in [6, 6.07) is 4.75. The summed E-state index contributed by atoms with van der Waals surface area (Å²) in [6.45, 7) is 0. The molecule has 0 amide bonds. The molecule has 0 aliphatic rings. The first kappa shape index (κ1) is 15.4. The molecule has 0 aliphatic heterocycles. The molecule has 0 heterocycles. The summed E-state index contributed by atoms with van der Waals surface area (Å²) in [6.07, 6.45) is -4.43. The molecule has 0 saturated carbocycles. The first-order valence-corrected chi connectivity index (χ1v) is 2.78. The van der Waals surface area contributed by atoms with Crippen LogP contribution >= 0.6 is 0 Å². The average molecular weight is 265 g/mol. The molecule has 0 aliphatic carbocycles. The second kappa shape index (κ2) is 5.60. The Kier molecular flexibility index (Phi) is 6.63. The van der Waals surface area contributed by atoms with Crippen LogP contribution in [-0.4, -0.2) is 5.11 Å². The quantitative estimate of drug-likeness (QED) is 0.715. The van der Waals surface area contributed by atoms with Crippen molar-refractivity contribution in [1.82, 2.24) is 0 Å². The van der Waals surface area contributed by atoms with Crippen molar-refractivity contribution in [2.75, 3.05) is 0 Å². The molecule has 13 heavy (non-hydrogen) atoms. The van der Waals surface area contributed by atoms with Gasteiger partial charge < -0.3 is 12.5 Å². The van der Waals surface area contributed by atoms with Gasteiger partial charge in [-0.05, 0) is 0 Å². The first-order valence-electron chi connectivity index (χ1n) is 2.78. The molecule has 0 atom stereocenters. The van der Waals surface area contributed by atoms with Gasteiger partial charge in [0.1, 0.15) is 0 Å². The van der Waals surface area contributed by atoms with E-state index in [2.05, 4.69) is 0 Å². The molecule has 0 aromatic heterocycles. The zero-order chi connectivity index (χ0) is 8.48. The summed E-state index contributed by atoms with van der Waals surface area (Å²) in [5, 5.41) is 8.66. The Bertz CT molecular complexity index is 260. The Morgan fingerprint density at radius 1 is 1.31 bits per heavy atom. The normalized spacial score (nSPS) is 9.77. The van der Waals surface area contributed by atoms with E-state index in [0.717, 1.165) is 12.1 Å². The topological polar surface area (TPSA) is 20.2 Å². The van der Waals surface area contributed by atoms with Crippen LogP contribution in [0.25, 0.3) is 0 Å². The average Bonchev–Trinajstić information content (AvgIpc) is 1.86. The van der Waals surface area contributed by atoms with Crippen molar-refractivity contribution in [2.45, 2.75) is 6.18 Å². The Balaban J connectivity index is 0. The molecule has 1 N–H and O–H groups in total. The van der Waals surface area contributed by atoms with Crippen LogP contribution in [0.2, 0.25) is 0 Å². The number of aromatic hydroxyl groups is 1. The van der Waals surface area contributed by atoms with Crippen molar-refractivity contribution in [3.05, 3.63) is 37.3 Å². The maximum absolute atomic E-state index is 11.8. The minimum Gasteiger partial charge on any atom is -0.533 e. The van der Waals surface area contributed by atoms with Crippen molar-refractivity contribution >= 4 is 0 Å². The Labute approximate surface area is 99.8 Å². The van der Waals surface area contributed by atoms with Crippen molar-refractivity contribution in [3.8, 4) is 5.75 Å². The molecule has 0 saturated heterocycles. The largest absolute Gasteiger partial charge is 0.533 e. The van der Waals surface area contributed by atoms with Crippen molar-refractivity contribution < 1.29 is 51.0 Å². The van der Waals surface area contributed by atoms with Gasteiger partial charge in [-0.2, -0.15) is 25.3 Å². The van der Waals surface area contributed by atoms with Gasteiger partial charge in [0.15, 0.2) is 0 Å². The number of alkyl halides is 3. The van der Waals surface area contributed by atoms with E-state index < -0.39 is 17.5 Å². The zero-order valence-electron chi connectivity index (χ0n) is 6.89. The third-order valence-electron chi connectivity index (χ3n) is 1.09. The van der Waals surface area contributed by atoms with Crippen LogP contribution in [0.4, 0.5) is 13.2 Å². The van der Waals surface area contributed by atoms with Crippen molar-refractivity contribution in [1.29, 1.82) is 0 Å². The molecule has 0 fully saturated rings. The summed E-state index contributed by atoms with van der Waals surface area (Å²) in [5.41, 5.74) is -0.961. The van der Waals surface area contributed by atoms with E-state index >= 15 is 0 Å². The van der Waals surface area contributed by atoms with Crippen LogP contribution in [0.5, 0.6) is 5.75 Å². The van der Waals surface area contributed by atoms with Gasteiger partial charge in [-0.15, -0.1) is 12.1 Å². The number of hydrogen-bond donors (Lipinski definition) is 1. The number of hydrogen-bond acceptors (Lipinski definition) is 1. The molecule has 1 radical (unpaired) electrons. The van der Waals surface area contributed by atoms with Crippen LogP contribution in [0.15, 0.2) is 18.2 Å². The molecule has 0 unspecified atom stereocenters. The third-order valence-corrected chi connectivity index (χ3v) is 1.09. The fourth-order valence-corrected chi connectivity index (χ4v) is 0.618. The SMILES string of the molecule is Oc1cc[c-]c(C(F)(F)F)c1.[CH3-].[Y]. The molecule has 0 spiro atoms. The molecule has 1 nitrogen and oxygen atoms in total. The van der Waals surface area contributed by atoms with Gasteiger partial charge in [0, 0.05) is 38.5 Å². The Morgan fingerprint density at radius 2 is 1.85 bits per heavy atom. The number of phenols is 1. The van der Waals surface area contributed by atoms with Gasteiger partial charge in [-0.3, -0.25) is 0 Å². The van der Waals surface area contributed by atoms with Crippen LogP contribution in [0.1, 0.15) is 5.56 Å². The number of halogens is 3. The predicted octanol–water partition coefficient (Wildman–Crippen LogP) is 2.66. The molecular formula is C8H7F3OY-2. The van der Waals surface area contributed by atoms with E-state index in [1.54, 1.807) is 0 Å². The minimum atomic E-state index is -4.43. The fourth-order valence-electron chi connectivity index (χ4n) is 0.618. The van der Waals surface area contributed by atoms with Gasteiger partial charge >= 0.3 is 6.18 Å². The monoisotopic (exact) mass is 265 g/mol. The molecular weight excluding hydrogens is 258 g/mol. The first-order chi connectivity index (χ1) is 5.00. The molecule has 5 heteroatoms. The summed E-state index contributed by atoms with van der Waals surface area (Å²) in [7, 11) is 0. The molecule has 1 aromatic rings. The second-order valence-electron chi connectivity index (χ2n) is 1.96. The predicted molar refractivity (Wildman–Crippen MR) is 38.4 cm³/mol. The second-order valence-corrected chi connectivity index (χ2v) is 1.96. The van der Waals surface area contributed by atoms with Crippen molar-refractivity contribution in [3.63, 3.8) is 0 Å². The smallest absolute Gasteiger partial charge is 0.394 e. The molecule has 1 aromatic carbocycles. The van der Waals surface area contributed by atoms with Crippen LogP contribution in [0.3, 0.4) is 0 Å². The van der Waals surface area contributed by atoms with Crippen molar-refractivity contribution in [2.24, 2.45) is 0 Å². The fraction of sp³-hybridized carbons (Fsp3) is 0.125. The zero-order valence-corrected chi connectivity index (χ0v) is 9.73. The Hall–Kier alpha value is -0.0861.